The average molecular weight is 496 g/mol. The van der Waals surface area contributed by atoms with Gasteiger partial charge >= 0.3 is 6.03 Å². The molecule has 2 aliphatic carbocycles. The van der Waals surface area contributed by atoms with Crippen molar-refractivity contribution in [1.29, 1.82) is 0 Å². The van der Waals surface area contributed by atoms with Crippen molar-refractivity contribution >= 4 is 17.6 Å². The summed E-state index contributed by atoms with van der Waals surface area (Å²) >= 11 is 0. The molecule has 4 rings (SSSR count). The predicted molar refractivity (Wildman–Crippen MR) is 139 cm³/mol. The molecule has 6 nitrogen and oxygen atoms in total. The van der Waals surface area contributed by atoms with Crippen molar-refractivity contribution in [3.63, 3.8) is 0 Å². The van der Waals surface area contributed by atoms with Crippen LogP contribution in [0.1, 0.15) is 52.0 Å². The molecule has 36 heavy (non-hydrogen) atoms. The number of benzene rings is 2. The Hall–Kier alpha value is -2.93. The van der Waals surface area contributed by atoms with Gasteiger partial charge in [0.1, 0.15) is 5.82 Å². The Morgan fingerprint density at radius 2 is 1.83 bits per heavy atom. The van der Waals surface area contributed by atoms with Gasteiger partial charge < -0.3 is 21.1 Å². The molecule has 7 heteroatoms. The van der Waals surface area contributed by atoms with E-state index in [0.717, 1.165) is 31.2 Å². The largest absolute Gasteiger partial charge is 0.392 e. The highest BCUT2D eigenvalue weighted by Gasteiger charge is 2.53. The first-order valence-electron chi connectivity index (χ1n) is 13.0. The molecule has 0 radical (unpaired) electrons. The number of aliphatic hydroxyl groups is 1. The van der Waals surface area contributed by atoms with Crippen LogP contribution in [-0.2, 0) is 11.3 Å². The van der Waals surface area contributed by atoms with Crippen LogP contribution in [0.3, 0.4) is 0 Å². The molecule has 194 valence electrons. The first kappa shape index (κ1) is 26.1. The minimum absolute atomic E-state index is 0.0272. The fourth-order valence-electron chi connectivity index (χ4n) is 6.54. The molecule has 7 unspecified atom stereocenters. The number of fused-ring (bicyclic) bond motifs is 1. The number of hydrogen-bond acceptors (Lipinski definition) is 3. The standard InChI is InChI=1S/C29H38FN3O3/c1-18(27(35)31-17-20-8-5-4-6-9-20)23-12-14-29(3)15-13-24(19(2)25(29)26(23)34)33-28(36)32-22-11-7-10-21(30)16-22/h4-11,16,18-19,23-26,34H,12-15,17H2,1-3H3,(H,31,35)(H2,32,33,36). The zero-order valence-electron chi connectivity index (χ0n) is 21.3. The van der Waals surface area contributed by atoms with Gasteiger partial charge in [0.25, 0.3) is 0 Å². The van der Waals surface area contributed by atoms with Gasteiger partial charge in [0.05, 0.1) is 6.10 Å². The summed E-state index contributed by atoms with van der Waals surface area (Å²) in [5.41, 5.74) is 1.40. The van der Waals surface area contributed by atoms with Gasteiger partial charge in [0, 0.05) is 24.2 Å². The van der Waals surface area contributed by atoms with Gasteiger partial charge in [0.2, 0.25) is 5.91 Å². The molecular weight excluding hydrogens is 457 g/mol. The van der Waals surface area contributed by atoms with Crippen molar-refractivity contribution in [3.05, 3.63) is 66.0 Å². The number of aliphatic hydroxyl groups excluding tert-OH is 1. The zero-order valence-corrected chi connectivity index (χ0v) is 21.3. The third kappa shape index (κ3) is 5.72. The first-order chi connectivity index (χ1) is 17.2. The number of anilines is 1. The van der Waals surface area contributed by atoms with Gasteiger partial charge in [-0.25, -0.2) is 9.18 Å². The van der Waals surface area contributed by atoms with Crippen LogP contribution in [0.5, 0.6) is 0 Å². The fraction of sp³-hybridized carbons (Fsp3) is 0.517. The van der Waals surface area contributed by atoms with Crippen molar-refractivity contribution in [2.75, 3.05) is 5.32 Å². The van der Waals surface area contributed by atoms with E-state index >= 15 is 0 Å². The van der Waals surface area contributed by atoms with Crippen molar-refractivity contribution in [2.45, 2.75) is 65.1 Å². The molecule has 0 saturated heterocycles. The SMILES string of the molecule is CC(C(=O)NCc1ccccc1)C1CCC2(C)CCC(NC(=O)Nc3cccc(F)c3)C(C)C2C1O. The van der Waals surface area contributed by atoms with Gasteiger partial charge in [0.15, 0.2) is 0 Å². The van der Waals surface area contributed by atoms with Crippen LogP contribution >= 0.6 is 0 Å². The highest BCUT2D eigenvalue weighted by molar-refractivity contribution is 5.89. The maximum Gasteiger partial charge on any atom is 0.319 e. The van der Waals surface area contributed by atoms with Crippen molar-refractivity contribution in [2.24, 2.45) is 29.1 Å². The summed E-state index contributed by atoms with van der Waals surface area (Å²) in [4.78, 5) is 25.6. The molecule has 0 heterocycles. The predicted octanol–water partition coefficient (Wildman–Crippen LogP) is 5.09. The number of halogens is 1. The molecule has 0 aromatic heterocycles. The number of nitrogens with one attached hydrogen (secondary N) is 3. The second kappa shape index (κ2) is 11.0. The Morgan fingerprint density at radius 3 is 2.56 bits per heavy atom. The summed E-state index contributed by atoms with van der Waals surface area (Å²) < 4.78 is 13.5. The van der Waals surface area contributed by atoms with E-state index in [-0.39, 0.29) is 47.1 Å². The van der Waals surface area contributed by atoms with E-state index in [4.69, 9.17) is 0 Å². The molecule has 0 bridgehead atoms. The summed E-state index contributed by atoms with van der Waals surface area (Å²) in [5, 5.41) is 20.4. The van der Waals surface area contributed by atoms with Gasteiger partial charge in [-0.3, -0.25) is 4.79 Å². The number of amides is 3. The third-order valence-corrected chi connectivity index (χ3v) is 8.65. The second-order valence-electron chi connectivity index (χ2n) is 11.0. The van der Waals surface area contributed by atoms with E-state index in [1.807, 2.05) is 37.3 Å². The maximum atomic E-state index is 13.5. The van der Waals surface area contributed by atoms with Crippen LogP contribution in [-0.4, -0.2) is 29.2 Å². The smallest absolute Gasteiger partial charge is 0.319 e. The van der Waals surface area contributed by atoms with Crippen LogP contribution in [0.25, 0.3) is 0 Å². The Morgan fingerprint density at radius 1 is 1.11 bits per heavy atom. The lowest BCUT2D eigenvalue weighted by atomic mass is 9.52. The van der Waals surface area contributed by atoms with Gasteiger partial charge in [-0.15, -0.1) is 0 Å². The molecule has 0 spiro atoms. The molecule has 2 aromatic rings. The number of carbonyl (C=O) groups excluding carboxylic acids is 2. The molecular formula is C29H38FN3O3. The molecule has 2 saturated carbocycles. The van der Waals surface area contributed by atoms with Gasteiger partial charge in [-0.1, -0.05) is 57.2 Å². The van der Waals surface area contributed by atoms with Crippen LogP contribution in [0.4, 0.5) is 14.9 Å². The highest BCUT2D eigenvalue weighted by Crippen LogP contribution is 2.55. The summed E-state index contributed by atoms with van der Waals surface area (Å²) in [6, 6.07) is 15.1. The van der Waals surface area contributed by atoms with Gasteiger partial charge in [-0.2, -0.15) is 0 Å². The van der Waals surface area contributed by atoms with Crippen molar-refractivity contribution in [1.82, 2.24) is 10.6 Å². The Labute approximate surface area is 213 Å². The zero-order chi connectivity index (χ0) is 25.9. The third-order valence-electron chi connectivity index (χ3n) is 8.65. The second-order valence-corrected chi connectivity index (χ2v) is 11.0. The van der Waals surface area contributed by atoms with Crippen LogP contribution in [0.15, 0.2) is 54.6 Å². The van der Waals surface area contributed by atoms with Crippen molar-refractivity contribution < 1.29 is 19.1 Å². The molecule has 7 atom stereocenters. The summed E-state index contributed by atoms with van der Waals surface area (Å²) in [7, 11) is 0. The van der Waals surface area contributed by atoms with E-state index in [0.29, 0.717) is 12.2 Å². The maximum absolute atomic E-state index is 13.5. The highest BCUT2D eigenvalue weighted by atomic mass is 19.1. The first-order valence-corrected chi connectivity index (χ1v) is 13.0. The van der Waals surface area contributed by atoms with Crippen LogP contribution < -0.4 is 16.0 Å². The Kier molecular flexibility index (Phi) is 7.98. The lowest BCUT2D eigenvalue weighted by molar-refractivity contribution is -0.142. The van der Waals surface area contributed by atoms with Gasteiger partial charge in [-0.05, 0) is 72.6 Å². The summed E-state index contributed by atoms with van der Waals surface area (Å²) in [6.07, 6.45) is 2.83. The fourth-order valence-corrected chi connectivity index (χ4v) is 6.54. The normalized spacial score (nSPS) is 30.5. The average Bonchev–Trinajstić information content (AvgIpc) is 2.85. The molecule has 0 aliphatic heterocycles. The molecule has 2 aromatic carbocycles. The lowest BCUT2D eigenvalue weighted by Crippen LogP contribution is -2.58. The Bertz CT molecular complexity index is 1060. The quantitative estimate of drug-likeness (QED) is 0.450. The lowest BCUT2D eigenvalue weighted by Gasteiger charge is -2.56. The number of urea groups is 1. The number of hydrogen-bond donors (Lipinski definition) is 4. The van der Waals surface area contributed by atoms with Crippen LogP contribution in [0, 0.1) is 34.9 Å². The Balaban J connectivity index is 1.39. The van der Waals surface area contributed by atoms with E-state index < -0.39 is 11.9 Å². The number of rotatable bonds is 6. The minimum Gasteiger partial charge on any atom is -0.392 e. The topological polar surface area (TPSA) is 90.5 Å². The van der Waals surface area contributed by atoms with E-state index in [2.05, 4.69) is 29.8 Å². The van der Waals surface area contributed by atoms with Crippen molar-refractivity contribution in [3.8, 4) is 0 Å². The van der Waals surface area contributed by atoms with E-state index in [1.54, 1.807) is 12.1 Å². The monoisotopic (exact) mass is 495 g/mol. The summed E-state index contributed by atoms with van der Waals surface area (Å²) in [5.74, 6) is -0.911. The van der Waals surface area contributed by atoms with Crippen LogP contribution in [0.2, 0.25) is 0 Å². The van der Waals surface area contributed by atoms with E-state index in [1.165, 1.54) is 12.1 Å². The molecule has 4 N–H and O–H groups in total. The molecule has 3 amide bonds. The number of carbonyl (C=O) groups is 2. The molecule has 2 aliphatic rings. The van der Waals surface area contributed by atoms with E-state index in [9.17, 15) is 19.1 Å². The summed E-state index contributed by atoms with van der Waals surface area (Å²) in [6.45, 7) is 6.70. The minimum atomic E-state index is -0.632. The molecule has 2 fully saturated rings.